The number of nitrogens with zero attached hydrogens (tertiary/aromatic N) is 1. The summed E-state index contributed by atoms with van der Waals surface area (Å²) in [7, 11) is 3.13. The summed E-state index contributed by atoms with van der Waals surface area (Å²) in [5, 5.41) is 0. The molecule has 2 rings (SSSR count). The van der Waals surface area contributed by atoms with Crippen LogP contribution in [0.1, 0.15) is 17.5 Å². The Morgan fingerprint density at radius 3 is 2.36 bits per heavy atom. The van der Waals surface area contributed by atoms with Crippen LogP contribution in [-0.4, -0.2) is 44.0 Å². The molecule has 0 atom stereocenters. The summed E-state index contributed by atoms with van der Waals surface area (Å²) in [6, 6.07) is 15.3. The van der Waals surface area contributed by atoms with E-state index in [2.05, 4.69) is 0 Å². The van der Waals surface area contributed by atoms with Crippen molar-refractivity contribution in [2.45, 2.75) is 12.8 Å². The van der Waals surface area contributed by atoms with E-state index < -0.39 is 5.91 Å². The number of ether oxygens (including phenoxy) is 2. The maximum Gasteiger partial charge on any atom is 0.246 e. The highest BCUT2D eigenvalue weighted by molar-refractivity contribution is 5.92. The minimum Gasteiger partial charge on any atom is -0.493 e. The number of hydrogen-bond donors (Lipinski definition) is 1. The van der Waals surface area contributed by atoms with E-state index in [1.807, 2.05) is 36.4 Å². The standard InChI is InChI=1S/C22H26N2O4/c1-27-19-10-8-18(16-20(19)28-2)9-11-22(26)24(15-13-21(23)25)14-12-17-6-4-3-5-7-17/h3-11,16H,12-15H2,1-2H3,(H2,23,25)/b11-9+. The van der Waals surface area contributed by atoms with Gasteiger partial charge in [-0.3, -0.25) is 9.59 Å². The first-order chi connectivity index (χ1) is 13.5. The van der Waals surface area contributed by atoms with Gasteiger partial charge in [0.1, 0.15) is 0 Å². The summed E-state index contributed by atoms with van der Waals surface area (Å²) in [5.41, 5.74) is 7.19. The van der Waals surface area contributed by atoms with Crippen molar-refractivity contribution in [2.75, 3.05) is 27.3 Å². The molecule has 2 N–H and O–H groups in total. The van der Waals surface area contributed by atoms with Gasteiger partial charge in [0, 0.05) is 25.6 Å². The SMILES string of the molecule is COc1ccc(/C=C/C(=O)N(CCC(N)=O)CCc2ccccc2)cc1OC. The van der Waals surface area contributed by atoms with Crippen LogP contribution in [-0.2, 0) is 16.0 Å². The first-order valence-electron chi connectivity index (χ1n) is 9.04. The largest absolute Gasteiger partial charge is 0.493 e. The molecule has 0 aliphatic rings. The van der Waals surface area contributed by atoms with Crippen molar-refractivity contribution in [2.24, 2.45) is 5.73 Å². The molecule has 0 saturated carbocycles. The zero-order chi connectivity index (χ0) is 20.4. The quantitative estimate of drug-likeness (QED) is 0.641. The maximum atomic E-state index is 12.7. The molecule has 0 bridgehead atoms. The molecule has 148 valence electrons. The second-order valence-corrected chi connectivity index (χ2v) is 6.22. The topological polar surface area (TPSA) is 81.9 Å². The molecular formula is C22H26N2O4. The highest BCUT2D eigenvalue weighted by atomic mass is 16.5. The number of carbonyl (C=O) groups is 2. The Labute approximate surface area is 165 Å². The third-order valence-corrected chi connectivity index (χ3v) is 4.28. The van der Waals surface area contributed by atoms with Crippen LogP contribution in [0.3, 0.4) is 0 Å². The predicted molar refractivity (Wildman–Crippen MR) is 109 cm³/mol. The Hall–Kier alpha value is -3.28. The minimum atomic E-state index is -0.429. The van der Waals surface area contributed by atoms with Gasteiger partial charge < -0.3 is 20.1 Å². The highest BCUT2D eigenvalue weighted by Crippen LogP contribution is 2.27. The maximum absolute atomic E-state index is 12.7. The minimum absolute atomic E-state index is 0.130. The number of amides is 2. The van der Waals surface area contributed by atoms with Gasteiger partial charge in [-0.2, -0.15) is 0 Å². The van der Waals surface area contributed by atoms with Crippen LogP contribution in [0.5, 0.6) is 11.5 Å². The monoisotopic (exact) mass is 382 g/mol. The summed E-state index contributed by atoms with van der Waals surface area (Å²) in [4.78, 5) is 25.4. The fourth-order valence-electron chi connectivity index (χ4n) is 2.72. The number of nitrogens with two attached hydrogens (primary N) is 1. The summed E-state index contributed by atoms with van der Waals surface area (Å²) in [5.74, 6) is 0.608. The van der Waals surface area contributed by atoms with Crippen molar-refractivity contribution >= 4 is 17.9 Å². The molecule has 0 spiro atoms. The summed E-state index contributed by atoms with van der Waals surface area (Å²) >= 11 is 0. The molecule has 0 heterocycles. The van der Waals surface area contributed by atoms with Crippen LogP contribution in [0.4, 0.5) is 0 Å². The van der Waals surface area contributed by atoms with Crippen molar-refractivity contribution in [3.05, 3.63) is 65.7 Å². The van der Waals surface area contributed by atoms with Crippen molar-refractivity contribution in [1.82, 2.24) is 4.90 Å². The fraction of sp³-hybridized carbons (Fsp3) is 0.273. The second kappa shape index (κ2) is 10.8. The van der Waals surface area contributed by atoms with Gasteiger partial charge in [0.15, 0.2) is 11.5 Å². The van der Waals surface area contributed by atoms with Gasteiger partial charge in [0.2, 0.25) is 11.8 Å². The zero-order valence-corrected chi connectivity index (χ0v) is 16.3. The number of carbonyl (C=O) groups excluding carboxylic acids is 2. The molecule has 0 radical (unpaired) electrons. The third-order valence-electron chi connectivity index (χ3n) is 4.28. The van der Waals surface area contributed by atoms with Gasteiger partial charge in [-0.15, -0.1) is 0 Å². The lowest BCUT2D eigenvalue weighted by molar-refractivity contribution is -0.126. The Kier molecular flexibility index (Phi) is 8.09. The van der Waals surface area contributed by atoms with E-state index in [4.69, 9.17) is 15.2 Å². The predicted octanol–water partition coefficient (Wildman–Crippen LogP) is 2.66. The van der Waals surface area contributed by atoms with E-state index in [1.165, 1.54) is 6.08 Å². The molecule has 6 nitrogen and oxygen atoms in total. The van der Waals surface area contributed by atoms with Crippen molar-refractivity contribution in [3.63, 3.8) is 0 Å². The van der Waals surface area contributed by atoms with E-state index in [0.29, 0.717) is 24.5 Å². The van der Waals surface area contributed by atoms with Gasteiger partial charge in [-0.25, -0.2) is 0 Å². The Balaban J connectivity index is 2.07. The molecule has 2 amide bonds. The fourth-order valence-corrected chi connectivity index (χ4v) is 2.72. The van der Waals surface area contributed by atoms with Gasteiger partial charge in [-0.1, -0.05) is 36.4 Å². The lowest BCUT2D eigenvalue weighted by atomic mass is 10.1. The first kappa shape index (κ1) is 21.0. The van der Waals surface area contributed by atoms with E-state index in [-0.39, 0.29) is 18.9 Å². The number of hydrogen-bond acceptors (Lipinski definition) is 4. The molecular weight excluding hydrogens is 356 g/mol. The van der Waals surface area contributed by atoms with Gasteiger partial charge >= 0.3 is 0 Å². The van der Waals surface area contributed by atoms with Crippen LogP contribution in [0.15, 0.2) is 54.6 Å². The average Bonchev–Trinajstić information content (AvgIpc) is 2.72. The zero-order valence-electron chi connectivity index (χ0n) is 16.3. The van der Waals surface area contributed by atoms with Crippen LogP contribution in [0.2, 0.25) is 0 Å². The van der Waals surface area contributed by atoms with Crippen molar-refractivity contribution in [1.29, 1.82) is 0 Å². The number of methoxy groups -OCH3 is 2. The molecule has 0 aliphatic heterocycles. The molecule has 0 aromatic heterocycles. The lowest BCUT2D eigenvalue weighted by Gasteiger charge is -2.20. The van der Waals surface area contributed by atoms with Crippen LogP contribution in [0.25, 0.3) is 6.08 Å². The molecule has 0 saturated heterocycles. The highest BCUT2D eigenvalue weighted by Gasteiger charge is 2.12. The van der Waals surface area contributed by atoms with Crippen LogP contribution < -0.4 is 15.2 Å². The Morgan fingerprint density at radius 1 is 1.00 bits per heavy atom. The van der Waals surface area contributed by atoms with Gasteiger partial charge in [-0.05, 0) is 35.8 Å². The third kappa shape index (κ3) is 6.46. The first-order valence-corrected chi connectivity index (χ1v) is 9.04. The summed E-state index contributed by atoms with van der Waals surface area (Å²) in [6.07, 6.45) is 4.04. The van der Waals surface area contributed by atoms with Gasteiger partial charge in [0.25, 0.3) is 0 Å². The van der Waals surface area contributed by atoms with E-state index in [1.54, 1.807) is 37.3 Å². The van der Waals surface area contributed by atoms with Crippen LogP contribution >= 0.6 is 0 Å². The summed E-state index contributed by atoms with van der Waals surface area (Å²) in [6.45, 7) is 0.795. The lowest BCUT2D eigenvalue weighted by Crippen LogP contribution is -2.34. The molecule has 2 aromatic rings. The molecule has 0 fully saturated rings. The molecule has 0 unspecified atom stereocenters. The van der Waals surface area contributed by atoms with E-state index in [0.717, 1.165) is 11.1 Å². The van der Waals surface area contributed by atoms with E-state index in [9.17, 15) is 9.59 Å². The number of benzene rings is 2. The second-order valence-electron chi connectivity index (χ2n) is 6.22. The van der Waals surface area contributed by atoms with Crippen LogP contribution in [0, 0.1) is 0 Å². The molecule has 0 aliphatic carbocycles. The smallest absolute Gasteiger partial charge is 0.246 e. The van der Waals surface area contributed by atoms with Crippen molar-refractivity contribution in [3.8, 4) is 11.5 Å². The average molecular weight is 382 g/mol. The number of rotatable bonds is 10. The molecule has 2 aromatic carbocycles. The molecule has 28 heavy (non-hydrogen) atoms. The van der Waals surface area contributed by atoms with E-state index >= 15 is 0 Å². The van der Waals surface area contributed by atoms with Crippen molar-refractivity contribution < 1.29 is 19.1 Å². The Morgan fingerprint density at radius 2 is 1.71 bits per heavy atom. The normalized spacial score (nSPS) is 10.6. The van der Waals surface area contributed by atoms with Gasteiger partial charge in [0.05, 0.1) is 14.2 Å². The Bertz CT molecular complexity index is 819. The molecule has 6 heteroatoms. The number of primary amides is 1. The summed E-state index contributed by atoms with van der Waals surface area (Å²) < 4.78 is 10.5.